The Kier molecular flexibility index (Phi) is 4.93. The molecule has 5 heteroatoms. The molecule has 1 aliphatic heterocycles. The first-order valence-corrected chi connectivity index (χ1v) is 6.05. The standard InChI is InChI=1S/C12H21NO4/c1-8(2)6-7-13(3)11(14)9-4-5-10(17-9)12(15)16/h8-10H,4-7H2,1-3H3,(H,15,16)/t9-,10+/m0/s1. The topological polar surface area (TPSA) is 66.8 Å². The fourth-order valence-corrected chi connectivity index (χ4v) is 1.81. The van der Waals surface area contributed by atoms with E-state index < -0.39 is 18.2 Å². The van der Waals surface area contributed by atoms with E-state index in [2.05, 4.69) is 13.8 Å². The van der Waals surface area contributed by atoms with Gasteiger partial charge in [-0.2, -0.15) is 0 Å². The molecule has 1 aliphatic rings. The van der Waals surface area contributed by atoms with E-state index in [1.807, 2.05) is 0 Å². The predicted molar refractivity (Wildman–Crippen MR) is 62.6 cm³/mol. The van der Waals surface area contributed by atoms with Gasteiger partial charge in [0.05, 0.1) is 0 Å². The van der Waals surface area contributed by atoms with E-state index in [4.69, 9.17) is 9.84 Å². The molecule has 1 heterocycles. The Morgan fingerprint density at radius 2 is 1.94 bits per heavy atom. The van der Waals surface area contributed by atoms with Crippen molar-refractivity contribution in [2.75, 3.05) is 13.6 Å². The van der Waals surface area contributed by atoms with Gasteiger partial charge in [-0.15, -0.1) is 0 Å². The third-order valence-electron chi connectivity index (χ3n) is 2.99. The highest BCUT2D eigenvalue weighted by Crippen LogP contribution is 2.21. The van der Waals surface area contributed by atoms with Crippen LogP contribution in [0, 0.1) is 5.92 Å². The van der Waals surface area contributed by atoms with Crippen molar-refractivity contribution in [3.8, 4) is 0 Å². The molecule has 0 aromatic rings. The lowest BCUT2D eigenvalue weighted by Gasteiger charge is -2.21. The fourth-order valence-electron chi connectivity index (χ4n) is 1.81. The number of carbonyl (C=O) groups is 2. The van der Waals surface area contributed by atoms with Gasteiger partial charge in [-0.1, -0.05) is 13.8 Å². The number of carbonyl (C=O) groups excluding carboxylic acids is 1. The molecule has 1 amide bonds. The number of ether oxygens (including phenoxy) is 1. The summed E-state index contributed by atoms with van der Waals surface area (Å²) >= 11 is 0. The number of carboxylic acid groups (broad SMARTS) is 1. The molecular formula is C12H21NO4. The van der Waals surface area contributed by atoms with Crippen molar-refractivity contribution in [2.45, 2.75) is 45.3 Å². The van der Waals surface area contributed by atoms with E-state index >= 15 is 0 Å². The smallest absolute Gasteiger partial charge is 0.332 e. The summed E-state index contributed by atoms with van der Waals surface area (Å²) < 4.78 is 5.22. The molecule has 1 fully saturated rings. The van der Waals surface area contributed by atoms with E-state index in [0.29, 0.717) is 25.3 Å². The van der Waals surface area contributed by atoms with Crippen LogP contribution in [0.15, 0.2) is 0 Å². The van der Waals surface area contributed by atoms with E-state index in [1.165, 1.54) is 0 Å². The molecule has 0 unspecified atom stereocenters. The lowest BCUT2D eigenvalue weighted by molar-refractivity contribution is -0.154. The van der Waals surface area contributed by atoms with Gasteiger partial charge in [0.2, 0.25) is 0 Å². The Balaban J connectivity index is 2.40. The van der Waals surface area contributed by atoms with Crippen molar-refractivity contribution in [2.24, 2.45) is 5.92 Å². The van der Waals surface area contributed by atoms with Crippen LogP contribution in [0.2, 0.25) is 0 Å². The first-order valence-electron chi connectivity index (χ1n) is 6.05. The van der Waals surface area contributed by atoms with Crippen molar-refractivity contribution < 1.29 is 19.4 Å². The normalized spacial score (nSPS) is 24.0. The van der Waals surface area contributed by atoms with Crippen LogP contribution in [0.5, 0.6) is 0 Å². The zero-order valence-electron chi connectivity index (χ0n) is 10.7. The molecule has 0 aromatic heterocycles. The Labute approximate surface area is 102 Å². The quantitative estimate of drug-likeness (QED) is 0.785. The van der Waals surface area contributed by atoms with Gasteiger partial charge in [0.15, 0.2) is 6.10 Å². The lowest BCUT2D eigenvalue weighted by atomic mass is 10.1. The number of hydrogen-bond acceptors (Lipinski definition) is 3. The van der Waals surface area contributed by atoms with Crippen LogP contribution in [-0.2, 0) is 14.3 Å². The van der Waals surface area contributed by atoms with E-state index in [-0.39, 0.29) is 5.91 Å². The Morgan fingerprint density at radius 1 is 1.35 bits per heavy atom. The maximum absolute atomic E-state index is 11.9. The second-order valence-corrected chi connectivity index (χ2v) is 4.97. The number of aliphatic carboxylic acids is 1. The van der Waals surface area contributed by atoms with E-state index in [0.717, 1.165) is 6.42 Å². The summed E-state index contributed by atoms with van der Waals surface area (Å²) in [5.41, 5.74) is 0. The zero-order chi connectivity index (χ0) is 13.0. The average Bonchev–Trinajstić information content (AvgIpc) is 2.73. The first-order chi connectivity index (χ1) is 7.91. The van der Waals surface area contributed by atoms with Crippen LogP contribution in [0.4, 0.5) is 0 Å². The van der Waals surface area contributed by atoms with Crippen LogP contribution in [0.3, 0.4) is 0 Å². The monoisotopic (exact) mass is 243 g/mol. The molecule has 0 spiro atoms. The summed E-state index contributed by atoms with van der Waals surface area (Å²) in [5.74, 6) is -0.541. The molecule has 0 aliphatic carbocycles. The average molecular weight is 243 g/mol. The predicted octanol–water partition coefficient (Wildman–Crippen LogP) is 1.12. The Bertz CT molecular complexity index is 290. The highest BCUT2D eigenvalue weighted by molar-refractivity contribution is 5.82. The van der Waals surface area contributed by atoms with Gasteiger partial charge in [0, 0.05) is 13.6 Å². The van der Waals surface area contributed by atoms with Crippen molar-refractivity contribution in [3.63, 3.8) is 0 Å². The van der Waals surface area contributed by atoms with Crippen molar-refractivity contribution in [3.05, 3.63) is 0 Å². The van der Waals surface area contributed by atoms with Gasteiger partial charge in [-0.25, -0.2) is 4.79 Å². The molecule has 0 aromatic carbocycles. The molecule has 98 valence electrons. The van der Waals surface area contributed by atoms with Crippen LogP contribution in [-0.4, -0.2) is 47.7 Å². The SMILES string of the molecule is CC(C)CCN(C)C(=O)[C@@H]1CC[C@H](C(=O)O)O1. The lowest BCUT2D eigenvalue weighted by Crippen LogP contribution is -2.38. The van der Waals surface area contributed by atoms with Crippen LogP contribution in [0.25, 0.3) is 0 Å². The number of rotatable bonds is 5. The van der Waals surface area contributed by atoms with Crippen LogP contribution >= 0.6 is 0 Å². The van der Waals surface area contributed by atoms with Gasteiger partial charge in [-0.05, 0) is 25.2 Å². The fraction of sp³-hybridized carbons (Fsp3) is 0.833. The molecule has 2 atom stereocenters. The number of nitrogens with zero attached hydrogens (tertiary/aromatic N) is 1. The third kappa shape index (κ3) is 4.00. The van der Waals surface area contributed by atoms with Gasteiger partial charge in [0.25, 0.3) is 5.91 Å². The second kappa shape index (κ2) is 6.00. The van der Waals surface area contributed by atoms with E-state index in [1.54, 1.807) is 11.9 Å². The summed E-state index contributed by atoms with van der Waals surface area (Å²) in [6.45, 7) is 4.89. The van der Waals surface area contributed by atoms with Crippen molar-refractivity contribution in [1.29, 1.82) is 0 Å². The van der Waals surface area contributed by atoms with Gasteiger partial charge in [-0.3, -0.25) is 4.79 Å². The summed E-state index contributed by atoms with van der Waals surface area (Å²) in [6, 6.07) is 0. The van der Waals surface area contributed by atoms with Gasteiger partial charge in [0.1, 0.15) is 6.10 Å². The number of hydrogen-bond donors (Lipinski definition) is 1. The summed E-state index contributed by atoms with van der Waals surface area (Å²) in [5, 5.41) is 8.78. The maximum atomic E-state index is 11.9. The molecule has 17 heavy (non-hydrogen) atoms. The summed E-state index contributed by atoms with van der Waals surface area (Å²) in [4.78, 5) is 24.3. The van der Waals surface area contributed by atoms with Crippen LogP contribution < -0.4 is 0 Å². The number of amides is 1. The van der Waals surface area contributed by atoms with Gasteiger partial charge < -0.3 is 14.7 Å². The highest BCUT2D eigenvalue weighted by atomic mass is 16.5. The van der Waals surface area contributed by atoms with Gasteiger partial charge >= 0.3 is 5.97 Å². The number of carboxylic acids is 1. The summed E-state index contributed by atoms with van der Waals surface area (Å²) in [7, 11) is 1.74. The zero-order valence-corrected chi connectivity index (χ0v) is 10.7. The van der Waals surface area contributed by atoms with Crippen molar-refractivity contribution in [1.82, 2.24) is 4.90 Å². The minimum absolute atomic E-state index is 0.102. The number of likely N-dealkylation sites (N-methyl/N-ethyl adjacent to an activating group) is 1. The third-order valence-corrected chi connectivity index (χ3v) is 2.99. The Hall–Kier alpha value is -1.10. The second-order valence-electron chi connectivity index (χ2n) is 4.97. The molecule has 1 N–H and O–H groups in total. The highest BCUT2D eigenvalue weighted by Gasteiger charge is 2.35. The minimum atomic E-state index is -0.981. The van der Waals surface area contributed by atoms with Crippen LogP contribution in [0.1, 0.15) is 33.1 Å². The molecular weight excluding hydrogens is 222 g/mol. The molecule has 1 saturated heterocycles. The molecule has 0 saturated carbocycles. The van der Waals surface area contributed by atoms with E-state index in [9.17, 15) is 9.59 Å². The molecule has 1 rings (SSSR count). The largest absolute Gasteiger partial charge is 0.479 e. The Morgan fingerprint density at radius 3 is 2.41 bits per heavy atom. The molecule has 5 nitrogen and oxygen atoms in total. The molecule has 0 bridgehead atoms. The van der Waals surface area contributed by atoms with Crippen molar-refractivity contribution >= 4 is 11.9 Å². The summed E-state index contributed by atoms with van der Waals surface area (Å²) in [6.07, 6.45) is 0.471. The first kappa shape index (κ1) is 14.0. The minimum Gasteiger partial charge on any atom is -0.479 e. The maximum Gasteiger partial charge on any atom is 0.332 e. The molecule has 0 radical (unpaired) electrons.